The molecule has 1 aliphatic rings. The van der Waals surface area contributed by atoms with E-state index in [1.54, 1.807) is 11.1 Å². The lowest BCUT2D eigenvalue weighted by Gasteiger charge is -2.35. The Labute approximate surface area is 139 Å². The molecular weight excluding hydrogens is 310 g/mol. The van der Waals surface area contributed by atoms with Crippen molar-refractivity contribution in [3.05, 3.63) is 36.5 Å². The smallest absolute Gasteiger partial charge is 0.245 e. The maximum absolute atomic E-state index is 12.5. The van der Waals surface area contributed by atoms with E-state index in [1.165, 1.54) is 11.3 Å². The second-order valence-electron chi connectivity index (χ2n) is 5.43. The molecule has 1 N–H and O–H groups in total. The summed E-state index contributed by atoms with van der Waals surface area (Å²) in [6, 6.07) is 9.60. The number of aromatic nitrogens is 1. The summed E-state index contributed by atoms with van der Waals surface area (Å²) >= 11 is 1.45. The van der Waals surface area contributed by atoms with Crippen LogP contribution in [0.25, 0.3) is 10.4 Å². The van der Waals surface area contributed by atoms with Gasteiger partial charge in [-0.3, -0.25) is 9.69 Å². The molecule has 1 aromatic heterocycles. The van der Waals surface area contributed by atoms with Gasteiger partial charge in [-0.25, -0.2) is 4.98 Å². The maximum atomic E-state index is 12.5. The fourth-order valence-corrected chi connectivity index (χ4v) is 3.33. The molecular formula is C16H17N5OS. The lowest BCUT2D eigenvalue weighted by atomic mass is 10.2. The third-order valence-corrected chi connectivity index (χ3v) is 4.85. The van der Waals surface area contributed by atoms with Gasteiger partial charge in [-0.15, -0.1) is 0 Å². The van der Waals surface area contributed by atoms with Crippen LogP contribution in [0.4, 0.5) is 5.13 Å². The summed E-state index contributed by atoms with van der Waals surface area (Å²) in [4.78, 5) is 21.3. The van der Waals surface area contributed by atoms with Crippen LogP contribution in [0.3, 0.4) is 0 Å². The van der Waals surface area contributed by atoms with Gasteiger partial charge >= 0.3 is 0 Å². The van der Waals surface area contributed by atoms with Gasteiger partial charge in [0.1, 0.15) is 6.04 Å². The van der Waals surface area contributed by atoms with E-state index in [9.17, 15) is 4.79 Å². The molecule has 2 aromatic rings. The van der Waals surface area contributed by atoms with Gasteiger partial charge in [0.2, 0.25) is 5.91 Å². The number of nitriles is 1. The number of piperazine rings is 1. The zero-order chi connectivity index (χ0) is 16.2. The number of carbonyl (C=O) groups excluding carboxylic acids is 1. The van der Waals surface area contributed by atoms with Crippen LogP contribution in [-0.4, -0.2) is 53.4 Å². The van der Waals surface area contributed by atoms with Crippen LogP contribution < -0.4 is 5.32 Å². The highest BCUT2D eigenvalue weighted by atomic mass is 32.1. The summed E-state index contributed by atoms with van der Waals surface area (Å²) in [5.74, 6) is -0.124. The molecule has 1 atom stereocenters. The Morgan fingerprint density at radius 2 is 2.17 bits per heavy atom. The van der Waals surface area contributed by atoms with Crippen molar-refractivity contribution in [1.82, 2.24) is 14.8 Å². The molecule has 1 fully saturated rings. The molecule has 0 saturated carbocycles. The van der Waals surface area contributed by atoms with E-state index >= 15 is 0 Å². The third-order valence-electron chi connectivity index (χ3n) is 3.89. The Balaban J connectivity index is 1.69. The van der Waals surface area contributed by atoms with Crippen LogP contribution in [0, 0.1) is 11.5 Å². The Morgan fingerprint density at radius 1 is 1.39 bits per heavy atom. The number of anilines is 1. The van der Waals surface area contributed by atoms with Crippen molar-refractivity contribution in [2.45, 2.75) is 6.04 Å². The predicted octanol–water partition coefficient (Wildman–Crippen LogP) is 1.85. The van der Waals surface area contributed by atoms with Crippen LogP contribution in [0.2, 0.25) is 0 Å². The molecule has 0 radical (unpaired) electrons. The van der Waals surface area contributed by atoms with Crippen LogP contribution in [0.15, 0.2) is 36.5 Å². The lowest BCUT2D eigenvalue weighted by molar-refractivity contribution is -0.122. The SMILES string of the molecule is CN1CCN(C#N)C[C@@H]1C(=O)Nc1ncc(-c2ccccc2)s1. The van der Waals surface area contributed by atoms with Gasteiger partial charge in [-0.1, -0.05) is 41.7 Å². The first-order chi connectivity index (χ1) is 11.2. The first-order valence-electron chi connectivity index (χ1n) is 7.34. The number of amides is 1. The van der Waals surface area contributed by atoms with Crippen LogP contribution >= 0.6 is 11.3 Å². The Hall–Kier alpha value is -2.43. The minimum Gasteiger partial charge on any atom is -0.307 e. The van der Waals surface area contributed by atoms with Gasteiger partial charge in [-0.2, -0.15) is 5.26 Å². The highest BCUT2D eigenvalue weighted by Gasteiger charge is 2.30. The molecule has 0 bridgehead atoms. The lowest BCUT2D eigenvalue weighted by Crippen LogP contribution is -2.54. The Kier molecular flexibility index (Phi) is 4.55. The van der Waals surface area contributed by atoms with Gasteiger partial charge in [0.05, 0.1) is 11.4 Å². The maximum Gasteiger partial charge on any atom is 0.245 e. The van der Waals surface area contributed by atoms with E-state index in [-0.39, 0.29) is 11.9 Å². The molecule has 1 aromatic carbocycles. The summed E-state index contributed by atoms with van der Waals surface area (Å²) in [6.07, 6.45) is 3.88. The number of hydrogen-bond acceptors (Lipinski definition) is 6. The van der Waals surface area contributed by atoms with E-state index in [4.69, 9.17) is 5.26 Å². The van der Waals surface area contributed by atoms with Crippen molar-refractivity contribution in [3.63, 3.8) is 0 Å². The van der Waals surface area contributed by atoms with Crippen LogP contribution in [0.5, 0.6) is 0 Å². The number of likely N-dealkylation sites (N-methyl/N-ethyl adjacent to an activating group) is 1. The molecule has 23 heavy (non-hydrogen) atoms. The standard InChI is InChI=1S/C16H17N5OS/c1-20-7-8-21(11-17)10-13(20)15(22)19-16-18-9-14(23-16)12-5-3-2-4-6-12/h2-6,9,13H,7-8,10H2,1H3,(H,18,19,22)/t13-/m1/s1. The largest absolute Gasteiger partial charge is 0.307 e. The Morgan fingerprint density at radius 3 is 2.91 bits per heavy atom. The van der Waals surface area contributed by atoms with Crippen LogP contribution in [-0.2, 0) is 4.79 Å². The molecule has 0 aliphatic carbocycles. The number of benzene rings is 1. The van der Waals surface area contributed by atoms with Gasteiger partial charge in [0.25, 0.3) is 0 Å². The molecule has 7 heteroatoms. The van der Waals surface area contributed by atoms with E-state index in [2.05, 4.69) is 16.5 Å². The summed E-state index contributed by atoms with van der Waals surface area (Å²) in [6.45, 7) is 1.76. The Bertz CT molecular complexity index is 724. The molecule has 2 heterocycles. The highest BCUT2D eigenvalue weighted by Crippen LogP contribution is 2.28. The van der Waals surface area contributed by atoms with E-state index < -0.39 is 0 Å². The topological polar surface area (TPSA) is 72.3 Å². The molecule has 1 amide bonds. The summed E-state index contributed by atoms with van der Waals surface area (Å²) in [5, 5.41) is 12.5. The van der Waals surface area contributed by atoms with Gasteiger partial charge in [0.15, 0.2) is 11.3 Å². The number of carbonyl (C=O) groups is 1. The van der Waals surface area contributed by atoms with E-state index in [0.29, 0.717) is 24.8 Å². The first-order valence-corrected chi connectivity index (χ1v) is 8.16. The summed E-state index contributed by atoms with van der Waals surface area (Å²) in [7, 11) is 1.90. The molecule has 0 spiro atoms. The average molecular weight is 327 g/mol. The highest BCUT2D eigenvalue weighted by molar-refractivity contribution is 7.19. The first kappa shape index (κ1) is 15.5. The zero-order valence-electron chi connectivity index (χ0n) is 12.8. The molecule has 0 unspecified atom stereocenters. The second-order valence-corrected chi connectivity index (χ2v) is 6.46. The second kappa shape index (κ2) is 6.77. The molecule has 1 saturated heterocycles. The van der Waals surface area contributed by atoms with E-state index in [0.717, 1.165) is 10.4 Å². The normalized spacial score (nSPS) is 18.4. The van der Waals surface area contributed by atoms with Crippen LogP contribution in [0.1, 0.15) is 0 Å². The summed E-state index contributed by atoms with van der Waals surface area (Å²) < 4.78 is 0. The fraction of sp³-hybridized carbons (Fsp3) is 0.312. The minimum atomic E-state index is -0.340. The minimum absolute atomic E-state index is 0.124. The van der Waals surface area contributed by atoms with Gasteiger partial charge in [0, 0.05) is 19.3 Å². The molecule has 118 valence electrons. The van der Waals surface area contributed by atoms with Crippen molar-refractivity contribution < 1.29 is 4.79 Å². The number of thiazole rings is 1. The number of rotatable bonds is 3. The van der Waals surface area contributed by atoms with Crippen molar-refractivity contribution in [2.24, 2.45) is 0 Å². The van der Waals surface area contributed by atoms with Crippen molar-refractivity contribution >= 4 is 22.4 Å². The van der Waals surface area contributed by atoms with Crippen molar-refractivity contribution in [1.29, 1.82) is 5.26 Å². The monoisotopic (exact) mass is 327 g/mol. The molecule has 3 rings (SSSR count). The average Bonchev–Trinajstić information content (AvgIpc) is 3.04. The zero-order valence-corrected chi connectivity index (χ0v) is 13.6. The van der Waals surface area contributed by atoms with Crippen molar-refractivity contribution in [2.75, 3.05) is 32.0 Å². The number of nitrogens with one attached hydrogen (secondary N) is 1. The van der Waals surface area contributed by atoms with Gasteiger partial charge < -0.3 is 10.2 Å². The quantitative estimate of drug-likeness (QED) is 0.871. The van der Waals surface area contributed by atoms with Gasteiger partial charge in [-0.05, 0) is 12.6 Å². The summed E-state index contributed by atoms with van der Waals surface area (Å²) in [5.41, 5.74) is 1.08. The fourth-order valence-electron chi connectivity index (χ4n) is 2.50. The predicted molar refractivity (Wildman–Crippen MR) is 89.8 cm³/mol. The third kappa shape index (κ3) is 3.50. The number of hydrogen-bond donors (Lipinski definition) is 1. The van der Waals surface area contributed by atoms with Crippen molar-refractivity contribution in [3.8, 4) is 16.6 Å². The number of nitrogens with zero attached hydrogens (tertiary/aromatic N) is 4. The molecule has 6 nitrogen and oxygen atoms in total. The molecule has 1 aliphatic heterocycles. The van der Waals surface area contributed by atoms with E-state index in [1.807, 2.05) is 42.3 Å².